The van der Waals surface area contributed by atoms with Crippen LogP contribution >= 0.6 is 23.2 Å². The molecule has 0 radical (unpaired) electrons. The van der Waals surface area contributed by atoms with E-state index in [-0.39, 0.29) is 6.54 Å². The minimum absolute atomic E-state index is 0.112. The van der Waals surface area contributed by atoms with Crippen molar-refractivity contribution in [1.29, 1.82) is 0 Å². The molecule has 2 N–H and O–H groups in total. The number of anilines is 1. The van der Waals surface area contributed by atoms with Gasteiger partial charge in [-0.1, -0.05) is 47.5 Å². The zero-order chi connectivity index (χ0) is 18.4. The summed E-state index contributed by atoms with van der Waals surface area (Å²) in [5.41, 5.74) is 2.06. The second kappa shape index (κ2) is 8.85. The smallest absolute Gasteiger partial charge is 0.313 e. The van der Waals surface area contributed by atoms with Crippen LogP contribution in [0.4, 0.5) is 5.69 Å². The minimum atomic E-state index is -0.783. The standard InChI is InChI=1S/C18H18Cl2N2O3/c1-11-7-8-12(9-15(11)20)22-18(24)17(23)21-10-16(25-2)13-5-3-4-6-14(13)19/h3-9,16H,10H2,1-2H3,(H,21,23)(H,22,24). The number of carbonyl (C=O) groups excluding carboxylic acids is 2. The number of ether oxygens (including phenoxy) is 1. The first-order chi connectivity index (χ1) is 11.9. The highest BCUT2D eigenvalue weighted by Crippen LogP contribution is 2.24. The first kappa shape index (κ1) is 19.2. The molecule has 2 aromatic carbocycles. The SMILES string of the molecule is COC(CNC(=O)C(=O)Nc1ccc(C)c(Cl)c1)c1ccccc1Cl. The quantitative estimate of drug-likeness (QED) is 0.776. The van der Waals surface area contributed by atoms with Crippen LogP contribution < -0.4 is 10.6 Å². The highest BCUT2D eigenvalue weighted by atomic mass is 35.5. The number of hydrogen-bond donors (Lipinski definition) is 2. The van der Waals surface area contributed by atoms with Crippen LogP contribution in [-0.4, -0.2) is 25.5 Å². The molecule has 25 heavy (non-hydrogen) atoms. The van der Waals surface area contributed by atoms with Crippen molar-refractivity contribution in [2.24, 2.45) is 0 Å². The third-order valence-corrected chi connectivity index (χ3v) is 4.37. The average Bonchev–Trinajstić information content (AvgIpc) is 2.59. The summed E-state index contributed by atoms with van der Waals surface area (Å²) in [6.07, 6.45) is -0.459. The third kappa shape index (κ3) is 5.19. The zero-order valence-electron chi connectivity index (χ0n) is 13.8. The Hall–Kier alpha value is -2.08. The highest BCUT2D eigenvalue weighted by Gasteiger charge is 2.18. The van der Waals surface area contributed by atoms with E-state index in [0.717, 1.165) is 11.1 Å². The van der Waals surface area contributed by atoms with Crippen molar-refractivity contribution >= 4 is 40.7 Å². The summed E-state index contributed by atoms with van der Waals surface area (Å²) in [5.74, 6) is -1.56. The number of methoxy groups -OCH3 is 1. The molecule has 1 atom stereocenters. The van der Waals surface area contributed by atoms with Crippen LogP contribution in [-0.2, 0) is 14.3 Å². The van der Waals surface area contributed by atoms with Crippen molar-refractivity contribution in [2.75, 3.05) is 19.0 Å². The van der Waals surface area contributed by atoms with Crippen LogP contribution in [0.15, 0.2) is 42.5 Å². The van der Waals surface area contributed by atoms with E-state index in [1.54, 1.807) is 36.4 Å². The Labute approximate surface area is 156 Å². The molecule has 5 nitrogen and oxygen atoms in total. The van der Waals surface area contributed by atoms with E-state index in [1.165, 1.54) is 7.11 Å². The molecule has 1 unspecified atom stereocenters. The minimum Gasteiger partial charge on any atom is -0.375 e. The molecule has 2 rings (SSSR count). The Morgan fingerprint density at radius 3 is 2.44 bits per heavy atom. The maximum absolute atomic E-state index is 12.0. The topological polar surface area (TPSA) is 67.4 Å². The fraction of sp³-hybridized carbons (Fsp3) is 0.222. The molecule has 0 bridgehead atoms. The molecule has 0 aliphatic carbocycles. The van der Waals surface area contributed by atoms with Crippen LogP contribution in [0, 0.1) is 6.92 Å². The second-order valence-electron chi connectivity index (χ2n) is 5.37. The Morgan fingerprint density at radius 1 is 1.08 bits per heavy atom. The van der Waals surface area contributed by atoms with E-state index >= 15 is 0 Å². The molecule has 0 aliphatic heterocycles. The van der Waals surface area contributed by atoms with Crippen LogP contribution in [0.25, 0.3) is 0 Å². The second-order valence-corrected chi connectivity index (χ2v) is 6.19. The van der Waals surface area contributed by atoms with Crippen LogP contribution in [0.2, 0.25) is 10.0 Å². The molecule has 0 saturated heterocycles. The number of hydrogen-bond acceptors (Lipinski definition) is 3. The number of benzene rings is 2. The van der Waals surface area contributed by atoms with Crippen molar-refractivity contribution in [3.63, 3.8) is 0 Å². The van der Waals surface area contributed by atoms with E-state index in [1.807, 2.05) is 13.0 Å². The van der Waals surface area contributed by atoms with Gasteiger partial charge in [0.15, 0.2) is 0 Å². The molecule has 2 amide bonds. The van der Waals surface area contributed by atoms with E-state index in [4.69, 9.17) is 27.9 Å². The van der Waals surface area contributed by atoms with Crippen molar-refractivity contribution in [1.82, 2.24) is 5.32 Å². The van der Waals surface area contributed by atoms with Gasteiger partial charge in [0.25, 0.3) is 0 Å². The molecule has 0 aliphatic rings. The van der Waals surface area contributed by atoms with Gasteiger partial charge in [-0.3, -0.25) is 9.59 Å². The lowest BCUT2D eigenvalue weighted by Gasteiger charge is -2.17. The van der Waals surface area contributed by atoms with Gasteiger partial charge >= 0.3 is 11.8 Å². The molecule has 132 valence electrons. The maximum Gasteiger partial charge on any atom is 0.313 e. The van der Waals surface area contributed by atoms with Gasteiger partial charge in [0, 0.05) is 35.0 Å². The van der Waals surface area contributed by atoms with Gasteiger partial charge in [0.1, 0.15) is 6.10 Å². The van der Waals surface area contributed by atoms with Crippen LogP contribution in [0.1, 0.15) is 17.2 Å². The van der Waals surface area contributed by atoms with Crippen LogP contribution in [0.5, 0.6) is 0 Å². The van der Waals surface area contributed by atoms with Gasteiger partial charge in [-0.05, 0) is 30.7 Å². The summed E-state index contributed by atoms with van der Waals surface area (Å²) in [4.78, 5) is 24.0. The molecule has 0 aromatic heterocycles. The predicted octanol–water partition coefficient (Wildman–Crippen LogP) is 3.74. The lowest BCUT2D eigenvalue weighted by atomic mass is 10.1. The van der Waals surface area contributed by atoms with Gasteiger partial charge in [-0.15, -0.1) is 0 Å². The Balaban J connectivity index is 1.95. The third-order valence-electron chi connectivity index (χ3n) is 3.62. The van der Waals surface area contributed by atoms with Gasteiger partial charge in [0.2, 0.25) is 0 Å². The zero-order valence-corrected chi connectivity index (χ0v) is 15.3. The summed E-state index contributed by atoms with van der Waals surface area (Å²) in [7, 11) is 1.51. The van der Waals surface area contributed by atoms with E-state index < -0.39 is 17.9 Å². The molecule has 0 fully saturated rings. The van der Waals surface area contributed by atoms with Crippen molar-refractivity contribution < 1.29 is 14.3 Å². The number of amides is 2. The number of carbonyl (C=O) groups is 2. The van der Waals surface area contributed by atoms with Gasteiger partial charge in [-0.25, -0.2) is 0 Å². The molecule has 2 aromatic rings. The fourth-order valence-corrected chi connectivity index (χ4v) is 2.62. The normalized spacial score (nSPS) is 11.7. The highest BCUT2D eigenvalue weighted by molar-refractivity contribution is 6.40. The van der Waals surface area contributed by atoms with Crippen molar-refractivity contribution in [2.45, 2.75) is 13.0 Å². The number of aryl methyl sites for hydroxylation is 1. The summed E-state index contributed by atoms with van der Waals surface area (Å²) >= 11 is 12.1. The predicted molar refractivity (Wildman–Crippen MR) is 99.0 cm³/mol. The van der Waals surface area contributed by atoms with Gasteiger partial charge in [-0.2, -0.15) is 0 Å². The van der Waals surface area contributed by atoms with E-state index in [9.17, 15) is 9.59 Å². The summed E-state index contributed by atoms with van der Waals surface area (Å²) in [6.45, 7) is 1.96. The van der Waals surface area contributed by atoms with E-state index in [2.05, 4.69) is 10.6 Å². The van der Waals surface area contributed by atoms with Crippen molar-refractivity contribution in [3.05, 3.63) is 63.6 Å². The first-order valence-corrected chi connectivity index (χ1v) is 8.30. The number of rotatable bonds is 5. The summed E-state index contributed by atoms with van der Waals surface area (Å²) in [6, 6.07) is 12.2. The maximum atomic E-state index is 12.0. The molecule has 7 heteroatoms. The summed E-state index contributed by atoms with van der Waals surface area (Å²) in [5, 5.41) is 6.08. The Bertz CT molecular complexity index is 781. The molecule has 0 heterocycles. The average molecular weight is 381 g/mol. The van der Waals surface area contributed by atoms with Gasteiger partial charge in [0.05, 0.1) is 0 Å². The Kier molecular flexibility index (Phi) is 6.82. The van der Waals surface area contributed by atoms with Crippen molar-refractivity contribution in [3.8, 4) is 0 Å². The number of halogens is 2. The van der Waals surface area contributed by atoms with Gasteiger partial charge < -0.3 is 15.4 Å². The first-order valence-electron chi connectivity index (χ1n) is 7.55. The fourth-order valence-electron chi connectivity index (χ4n) is 2.18. The lowest BCUT2D eigenvalue weighted by molar-refractivity contribution is -0.136. The van der Waals surface area contributed by atoms with E-state index in [0.29, 0.717) is 15.7 Å². The molecule has 0 spiro atoms. The number of nitrogens with one attached hydrogen (secondary N) is 2. The van der Waals surface area contributed by atoms with Crippen LogP contribution in [0.3, 0.4) is 0 Å². The molecular formula is C18H18Cl2N2O3. The Morgan fingerprint density at radius 2 is 1.80 bits per heavy atom. The molecule has 0 saturated carbocycles. The summed E-state index contributed by atoms with van der Waals surface area (Å²) < 4.78 is 5.35. The monoisotopic (exact) mass is 380 g/mol. The molecular weight excluding hydrogens is 363 g/mol. The lowest BCUT2D eigenvalue weighted by Crippen LogP contribution is -2.38. The largest absolute Gasteiger partial charge is 0.375 e.